The van der Waals surface area contributed by atoms with Crippen LogP contribution in [0.3, 0.4) is 0 Å². The fourth-order valence-electron chi connectivity index (χ4n) is 1.25. The van der Waals surface area contributed by atoms with Crippen molar-refractivity contribution in [3.05, 3.63) is 24.0 Å². The van der Waals surface area contributed by atoms with Crippen LogP contribution in [-0.4, -0.2) is 29.3 Å². The van der Waals surface area contributed by atoms with E-state index in [0.29, 0.717) is 18.7 Å². The lowest BCUT2D eigenvalue weighted by molar-refractivity contribution is 0.173. The van der Waals surface area contributed by atoms with E-state index in [1.807, 2.05) is 6.92 Å². The predicted octanol–water partition coefficient (Wildman–Crippen LogP) is 0.177. The first kappa shape index (κ1) is 10.9. The first-order valence-electron chi connectivity index (χ1n) is 4.81. The van der Waals surface area contributed by atoms with Crippen molar-refractivity contribution in [3.8, 4) is 0 Å². The van der Waals surface area contributed by atoms with E-state index in [1.54, 1.807) is 18.5 Å². The van der Waals surface area contributed by atoms with Crippen LogP contribution in [0.2, 0.25) is 0 Å². The SMILES string of the molecule is CCNCC(O)Cc1cnccc1N. The molecule has 1 aromatic heterocycles. The summed E-state index contributed by atoms with van der Waals surface area (Å²) in [5.74, 6) is 0. The molecule has 0 radical (unpaired) electrons. The molecule has 4 nitrogen and oxygen atoms in total. The van der Waals surface area contributed by atoms with Crippen molar-refractivity contribution in [2.24, 2.45) is 0 Å². The van der Waals surface area contributed by atoms with Gasteiger partial charge in [0.2, 0.25) is 0 Å². The third kappa shape index (κ3) is 3.32. The van der Waals surface area contributed by atoms with Crippen LogP contribution in [0.25, 0.3) is 0 Å². The number of hydrogen-bond acceptors (Lipinski definition) is 4. The summed E-state index contributed by atoms with van der Waals surface area (Å²) in [5, 5.41) is 12.7. The quantitative estimate of drug-likeness (QED) is 0.626. The zero-order valence-electron chi connectivity index (χ0n) is 8.40. The number of nitrogens with zero attached hydrogens (tertiary/aromatic N) is 1. The second-order valence-electron chi connectivity index (χ2n) is 3.24. The summed E-state index contributed by atoms with van der Waals surface area (Å²) in [7, 11) is 0. The average Bonchev–Trinajstić information content (AvgIpc) is 2.18. The first-order valence-corrected chi connectivity index (χ1v) is 4.81. The van der Waals surface area contributed by atoms with Gasteiger partial charge in [0.25, 0.3) is 0 Å². The minimum Gasteiger partial charge on any atom is -0.398 e. The number of aromatic nitrogens is 1. The smallest absolute Gasteiger partial charge is 0.0706 e. The molecule has 4 N–H and O–H groups in total. The summed E-state index contributed by atoms with van der Waals surface area (Å²) in [6, 6.07) is 1.75. The number of nitrogen functional groups attached to an aromatic ring is 1. The maximum absolute atomic E-state index is 9.61. The molecule has 1 rings (SSSR count). The molecule has 0 saturated heterocycles. The van der Waals surface area contributed by atoms with E-state index in [1.165, 1.54) is 0 Å². The van der Waals surface area contributed by atoms with Crippen molar-refractivity contribution in [2.45, 2.75) is 19.4 Å². The Hall–Kier alpha value is -1.13. The van der Waals surface area contributed by atoms with E-state index in [2.05, 4.69) is 10.3 Å². The van der Waals surface area contributed by atoms with Crippen LogP contribution < -0.4 is 11.1 Å². The second-order valence-corrected chi connectivity index (χ2v) is 3.24. The van der Waals surface area contributed by atoms with Crippen molar-refractivity contribution in [3.63, 3.8) is 0 Å². The van der Waals surface area contributed by atoms with Gasteiger partial charge in [-0.15, -0.1) is 0 Å². The number of anilines is 1. The van der Waals surface area contributed by atoms with Crippen LogP contribution in [0.15, 0.2) is 18.5 Å². The molecule has 78 valence electrons. The van der Waals surface area contributed by atoms with Crippen molar-refractivity contribution in [1.82, 2.24) is 10.3 Å². The molecule has 0 aromatic carbocycles. The Kier molecular flexibility index (Phi) is 4.35. The van der Waals surface area contributed by atoms with E-state index >= 15 is 0 Å². The fourth-order valence-corrected chi connectivity index (χ4v) is 1.25. The molecule has 1 aromatic rings. The Balaban J connectivity index is 2.47. The molecule has 0 bridgehead atoms. The molecular weight excluding hydrogens is 178 g/mol. The minimum absolute atomic E-state index is 0.401. The lowest BCUT2D eigenvalue weighted by atomic mass is 10.1. The van der Waals surface area contributed by atoms with Gasteiger partial charge in [-0.05, 0) is 18.2 Å². The van der Waals surface area contributed by atoms with Gasteiger partial charge in [-0.1, -0.05) is 6.92 Å². The predicted molar refractivity (Wildman–Crippen MR) is 56.9 cm³/mol. The summed E-state index contributed by atoms with van der Waals surface area (Å²) >= 11 is 0. The highest BCUT2D eigenvalue weighted by atomic mass is 16.3. The Morgan fingerprint density at radius 2 is 2.43 bits per heavy atom. The van der Waals surface area contributed by atoms with Crippen molar-refractivity contribution in [1.29, 1.82) is 0 Å². The number of nitrogens with two attached hydrogens (primary N) is 1. The number of aliphatic hydroxyl groups is 1. The Morgan fingerprint density at radius 3 is 3.07 bits per heavy atom. The Morgan fingerprint density at radius 1 is 1.64 bits per heavy atom. The average molecular weight is 195 g/mol. The van der Waals surface area contributed by atoms with Crippen LogP contribution in [0, 0.1) is 0 Å². The molecule has 0 aliphatic rings. The monoisotopic (exact) mass is 195 g/mol. The molecule has 0 spiro atoms. The van der Waals surface area contributed by atoms with Gasteiger partial charge in [-0.3, -0.25) is 4.98 Å². The normalized spacial score (nSPS) is 12.7. The van der Waals surface area contributed by atoms with Crippen molar-refractivity contribution in [2.75, 3.05) is 18.8 Å². The van der Waals surface area contributed by atoms with Gasteiger partial charge in [0.15, 0.2) is 0 Å². The number of likely N-dealkylation sites (N-methyl/N-ethyl adjacent to an activating group) is 1. The standard InChI is InChI=1S/C10H17N3O/c1-2-12-7-9(14)5-8-6-13-4-3-10(8)11/h3-4,6,9,12,14H,2,5,7H2,1H3,(H2,11,13). The molecule has 14 heavy (non-hydrogen) atoms. The highest BCUT2D eigenvalue weighted by molar-refractivity contribution is 5.44. The van der Waals surface area contributed by atoms with Crippen molar-refractivity contribution < 1.29 is 5.11 Å². The summed E-state index contributed by atoms with van der Waals surface area (Å²) in [5.41, 5.74) is 7.32. The molecule has 1 unspecified atom stereocenters. The minimum atomic E-state index is -0.401. The molecule has 0 saturated carbocycles. The third-order valence-electron chi connectivity index (χ3n) is 2.03. The lowest BCUT2D eigenvalue weighted by Gasteiger charge is -2.11. The number of aliphatic hydroxyl groups excluding tert-OH is 1. The number of nitrogens with one attached hydrogen (secondary N) is 1. The van der Waals surface area contributed by atoms with Crippen LogP contribution in [-0.2, 0) is 6.42 Å². The van der Waals surface area contributed by atoms with Gasteiger partial charge >= 0.3 is 0 Å². The van der Waals surface area contributed by atoms with E-state index in [-0.39, 0.29) is 0 Å². The summed E-state index contributed by atoms with van der Waals surface area (Å²) in [6.07, 6.45) is 3.49. The third-order valence-corrected chi connectivity index (χ3v) is 2.03. The summed E-state index contributed by atoms with van der Waals surface area (Å²) < 4.78 is 0. The zero-order chi connectivity index (χ0) is 10.4. The number of hydrogen-bond donors (Lipinski definition) is 3. The van der Waals surface area contributed by atoms with E-state index in [0.717, 1.165) is 12.1 Å². The topological polar surface area (TPSA) is 71.2 Å². The second kappa shape index (κ2) is 5.57. The number of rotatable bonds is 5. The van der Waals surface area contributed by atoms with Gasteiger partial charge in [0.1, 0.15) is 0 Å². The van der Waals surface area contributed by atoms with Gasteiger partial charge in [-0.2, -0.15) is 0 Å². The fraction of sp³-hybridized carbons (Fsp3) is 0.500. The van der Waals surface area contributed by atoms with Gasteiger partial charge in [0, 0.05) is 31.0 Å². The van der Waals surface area contributed by atoms with E-state index < -0.39 is 6.10 Å². The van der Waals surface area contributed by atoms with Gasteiger partial charge < -0.3 is 16.2 Å². The molecule has 0 aliphatic heterocycles. The zero-order valence-corrected chi connectivity index (χ0v) is 8.40. The summed E-state index contributed by atoms with van der Waals surface area (Å²) in [6.45, 7) is 3.45. The summed E-state index contributed by atoms with van der Waals surface area (Å²) in [4.78, 5) is 3.97. The molecule has 1 heterocycles. The van der Waals surface area contributed by atoms with E-state index in [9.17, 15) is 5.11 Å². The molecule has 0 fully saturated rings. The van der Waals surface area contributed by atoms with Crippen LogP contribution in [0.5, 0.6) is 0 Å². The maximum Gasteiger partial charge on any atom is 0.0706 e. The Bertz CT molecular complexity index is 278. The largest absolute Gasteiger partial charge is 0.398 e. The highest BCUT2D eigenvalue weighted by Gasteiger charge is 2.06. The maximum atomic E-state index is 9.61. The van der Waals surface area contributed by atoms with Crippen LogP contribution in [0.4, 0.5) is 5.69 Å². The van der Waals surface area contributed by atoms with Crippen LogP contribution in [0.1, 0.15) is 12.5 Å². The molecule has 1 atom stereocenters. The lowest BCUT2D eigenvalue weighted by Crippen LogP contribution is -2.28. The first-order chi connectivity index (χ1) is 6.74. The van der Waals surface area contributed by atoms with Crippen molar-refractivity contribution >= 4 is 5.69 Å². The van der Waals surface area contributed by atoms with Crippen LogP contribution >= 0.6 is 0 Å². The highest BCUT2D eigenvalue weighted by Crippen LogP contribution is 2.10. The number of pyridine rings is 1. The molecular formula is C10H17N3O. The Labute approximate surface area is 84.2 Å². The van der Waals surface area contributed by atoms with Gasteiger partial charge in [0.05, 0.1) is 6.10 Å². The molecule has 4 heteroatoms. The van der Waals surface area contributed by atoms with Gasteiger partial charge in [-0.25, -0.2) is 0 Å². The molecule has 0 amide bonds. The molecule has 0 aliphatic carbocycles. The van der Waals surface area contributed by atoms with E-state index in [4.69, 9.17) is 5.73 Å².